The number of amides is 1. The van der Waals surface area contributed by atoms with Crippen LogP contribution in [-0.4, -0.2) is 105 Å². The number of hydrogen-bond donors (Lipinski definition) is 4. The number of ether oxygens (including phenoxy) is 5. The van der Waals surface area contributed by atoms with E-state index < -0.39 is 113 Å². The second-order valence-corrected chi connectivity index (χ2v) is 17.6. The molecule has 1 amide bonds. The number of nitrogens with one attached hydrogen (secondary N) is 1. The zero-order chi connectivity index (χ0) is 44.2. The number of rotatable bonds is 10. The smallest absolute Gasteiger partial charge is 0.338 e. The fourth-order valence-corrected chi connectivity index (χ4v) is 10.5. The lowest BCUT2D eigenvalue weighted by atomic mass is 9.44. The second kappa shape index (κ2) is 16.2. The van der Waals surface area contributed by atoms with Crippen LogP contribution in [0.2, 0.25) is 0 Å². The summed E-state index contributed by atoms with van der Waals surface area (Å²) in [5.74, 6) is -6.64. The molecule has 61 heavy (non-hydrogen) atoms. The average Bonchev–Trinajstić information content (AvgIpc) is 3.77. The number of allylic oxidation sites excluding steroid dienone is 1. The molecule has 0 spiro atoms. The van der Waals surface area contributed by atoms with Gasteiger partial charge in [-0.05, 0) is 62.0 Å². The second-order valence-electron chi connectivity index (χ2n) is 17.6. The van der Waals surface area contributed by atoms with E-state index in [1.807, 2.05) is 0 Å². The summed E-state index contributed by atoms with van der Waals surface area (Å²) in [6.45, 7) is 8.03. The number of aliphatic hydroxyl groups is 3. The van der Waals surface area contributed by atoms with E-state index in [4.69, 9.17) is 23.7 Å². The lowest BCUT2D eigenvalue weighted by Crippen LogP contribution is -2.82. The molecule has 7 rings (SSSR count). The first kappa shape index (κ1) is 43.9. The Kier molecular flexibility index (Phi) is 11.7. The summed E-state index contributed by atoms with van der Waals surface area (Å²) < 4.78 is 30.3. The van der Waals surface area contributed by atoms with E-state index in [9.17, 15) is 39.3 Å². The van der Waals surface area contributed by atoms with Crippen molar-refractivity contribution in [2.45, 2.75) is 128 Å². The van der Waals surface area contributed by atoms with Crippen LogP contribution in [-0.2, 0) is 47.7 Å². The van der Waals surface area contributed by atoms with E-state index in [0.717, 1.165) is 20.3 Å². The average molecular weight is 844 g/mol. The molecule has 15 nitrogen and oxygen atoms in total. The number of hydrogen-bond acceptors (Lipinski definition) is 14. The van der Waals surface area contributed by atoms with E-state index >= 15 is 4.79 Å². The number of ketones is 1. The molecule has 0 aromatic heterocycles. The normalized spacial score (nSPS) is 33.5. The van der Waals surface area contributed by atoms with E-state index in [1.54, 1.807) is 68.5 Å². The van der Waals surface area contributed by atoms with Gasteiger partial charge < -0.3 is 44.3 Å². The van der Waals surface area contributed by atoms with Crippen LogP contribution in [0.4, 0.5) is 0 Å². The molecule has 2 aromatic carbocycles. The van der Waals surface area contributed by atoms with Crippen molar-refractivity contribution in [3.8, 4) is 0 Å². The molecule has 0 radical (unpaired) electrons. The highest BCUT2D eigenvalue weighted by molar-refractivity contribution is 5.96. The van der Waals surface area contributed by atoms with Gasteiger partial charge in [0.05, 0.1) is 35.6 Å². The standard InChI is InChI=1S/C46H53NO14/c1-24-30(59-42(55)35(51)34(27-15-9-7-10-16-27)47-40(53)28-17-13-14-18-28)22-46(56)39(60-41(54)29-19-11-8-12-20-29)37-44(6,31(50)21-32-45(37,23-57-32)61-26(3)49)38(52)36(58-25(2)48)33(24)43(46,4)5/h7-12,15-17,19-20,30-32,34-37,39,50-51,56H,13-14,18,21-23H2,1-6H3,(H,47,53)/t30-,31-,32+,34?,35+,36+,37?,39?,44+,45-,46+/m0/s1. The molecule has 1 aliphatic heterocycles. The monoisotopic (exact) mass is 843 g/mol. The van der Waals surface area contributed by atoms with Crippen LogP contribution in [0.5, 0.6) is 0 Å². The van der Waals surface area contributed by atoms with Gasteiger partial charge in [0.1, 0.15) is 23.9 Å². The van der Waals surface area contributed by atoms with Crippen molar-refractivity contribution in [2.24, 2.45) is 16.7 Å². The fourth-order valence-electron chi connectivity index (χ4n) is 10.5. The number of aliphatic hydroxyl groups excluding tert-OH is 2. The first-order valence-corrected chi connectivity index (χ1v) is 20.6. The molecule has 5 aliphatic rings. The first-order valence-electron chi connectivity index (χ1n) is 20.6. The maximum Gasteiger partial charge on any atom is 0.338 e. The highest BCUT2D eigenvalue weighted by Crippen LogP contribution is 2.64. The van der Waals surface area contributed by atoms with Crippen LogP contribution >= 0.6 is 0 Å². The summed E-state index contributed by atoms with van der Waals surface area (Å²) in [7, 11) is 0. The first-order chi connectivity index (χ1) is 28.8. The number of Topliss-reactive ketones (excluding diaryl/α,β-unsaturated/α-hetero) is 1. The predicted molar refractivity (Wildman–Crippen MR) is 214 cm³/mol. The van der Waals surface area contributed by atoms with Gasteiger partial charge in [-0.1, -0.05) is 68.5 Å². The van der Waals surface area contributed by atoms with Gasteiger partial charge >= 0.3 is 23.9 Å². The highest BCUT2D eigenvalue weighted by atomic mass is 16.6. The van der Waals surface area contributed by atoms with E-state index in [0.29, 0.717) is 24.0 Å². The van der Waals surface area contributed by atoms with Crippen molar-refractivity contribution in [3.63, 3.8) is 0 Å². The van der Waals surface area contributed by atoms with Gasteiger partial charge in [0.25, 0.3) is 0 Å². The van der Waals surface area contributed by atoms with Crippen molar-refractivity contribution in [3.05, 3.63) is 94.6 Å². The van der Waals surface area contributed by atoms with Crippen molar-refractivity contribution in [1.29, 1.82) is 0 Å². The van der Waals surface area contributed by atoms with Crippen molar-refractivity contribution in [2.75, 3.05) is 6.61 Å². The Balaban J connectivity index is 1.39. The molecule has 2 aromatic rings. The van der Waals surface area contributed by atoms with Gasteiger partial charge in [0.15, 0.2) is 23.6 Å². The number of esters is 4. The van der Waals surface area contributed by atoms with Gasteiger partial charge in [-0.3, -0.25) is 19.2 Å². The van der Waals surface area contributed by atoms with Crippen LogP contribution in [0, 0.1) is 16.7 Å². The molecule has 4 aliphatic carbocycles. The Morgan fingerprint density at radius 1 is 0.918 bits per heavy atom. The van der Waals surface area contributed by atoms with Crippen LogP contribution in [0.15, 0.2) is 83.5 Å². The molecule has 11 atom stereocenters. The molecular weight excluding hydrogens is 790 g/mol. The topological polar surface area (TPSA) is 221 Å². The molecule has 2 bridgehead atoms. The molecule has 2 saturated carbocycles. The van der Waals surface area contributed by atoms with Crippen LogP contribution in [0.25, 0.3) is 0 Å². The van der Waals surface area contributed by atoms with Crippen LogP contribution < -0.4 is 5.32 Å². The third-order valence-corrected chi connectivity index (χ3v) is 13.8. The molecular formula is C46H53NO14. The molecule has 3 fully saturated rings. The number of carbonyl (C=O) groups is 6. The van der Waals surface area contributed by atoms with Crippen molar-refractivity contribution >= 4 is 35.6 Å². The Labute approximate surface area is 353 Å². The number of benzene rings is 2. The largest absolute Gasteiger partial charge is 0.456 e. The third-order valence-electron chi connectivity index (χ3n) is 13.8. The molecule has 1 saturated heterocycles. The summed E-state index contributed by atoms with van der Waals surface area (Å²) in [5, 5.41) is 40.2. The summed E-state index contributed by atoms with van der Waals surface area (Å²) in [4.78, 5) is 83.3. The predicted octanol–water partition coefficient (Wildman–Crippen LogP) is 3.53. The summed E-state index contributed by atoms with van der Waals surface area (Å²) in [6.07, 6.45) is -6.56. The highest BCUT2D eigenvalue weighted by Gasteiger charge is 2.78. The SMILES string of the molecule is CC(=O)O[C@H]1C(=O)[C@@]2(C)C(C(OC(=O)c3ccccc3)[C@]3(O)C[C@H](OC(=O)[C@H](O)C(NC(=O)C4=CCCC4)c4ccccc4)C(C)=C1C3(C)C)[C@]1(OC(C)=O)CO[C@@H]1C[C@@H]2O. The summed E-state index contributed by atoms with van der Waals surface area (Å²) >= 11 is 0. The van der Waals surface area contributed by atoms with Gasteiger partial charge in [-0.15, -0.1) is 0 Å². The Morgan fingerprint density at radius 2 is 1.57 bits per heavy atom. The summed E-state index contributed by atoms with van der Waals surface area (Å²) in [6, 6.07) is 15.0. The fraction of sp³-hybridized carbons (Fsp3) is 0.522. The summed E-state index contributed by atoms with van der Waals surface area (Å²) in [5.41, 5.74) is -6.64. The molecule has 326 valence electrons. The molecule has 4 N–H and O–H groups in total. The van der Waals surface area contributed by atoms with E-state index in [1.165, 1.54) is 26.0 Å². The quantitative estimate of drug-likeness (QED) is 0.153. The Bertz CT molecular complexity index is 2170. The zero-order valence-corrected chi connectivity index (χ0v) is 35.0. The van der Waals surface area contributed by atoms with E-state index in [2.05, 4.69) is 5.32 Å². The lowest BCUT2D eigenvalue weighted by molar-refractivity contribution is -0.346. The van der Waals surface area contributed by atoms with Crippen molar-refractivity contribution in [1.82, 2.24) is 5.32 Å². The van der Waals surface area contributed by atoms with Gasteiger partial charge in [-0.2, -0.15) is 0 Å². The Morgan fingerprint density at radius 3 is 2.15 bits per heavy atom. The minimum absolute atomic E-state index is 0.0102. The van der Waals surface area contributed by atoms with Gasteiger partial charge in [-0.25, -0.2) is 9.59 Å². The minimum atomic E-state index is -2.38. The lowest BCUT2D eigenvalue weighted by Gasteiger charge is -2.67. The van der Waals surface area contributed by atoms with Gasteiger partial charge in [0, 0.05) is 37.7 Å². The molecule has 1 heterocycles. The van der Waals surface area contributed by atoms with Gasteiger partial charge in [0.2, 0.25) is 5.91 Å². The van der Waals surface area contributed by atoms with Crippen molar-refractivity contribution < 1.29 is 67.8 Å². The molecule has 3 unspecified atom stereocenters. The number of carbonyl (C=O) groups excluding carboxylic acids is 6. The van der Waals surface area contributed by atoms with Crippen LogP contribution in [0.3, 0.4) is 0 Å². The maximum atomic E-state index is 15.5. The zero-order valence-electron chi connectivity index (χ0n) is 35.0. The molecule has 15 heteroatoms. The third kappa shape index (κ3) is 7.28. The number of fused-ring (bicyclic) bond motifs is 5. The minimum Gasteiger partial charge on any atom is -0.456 e. The van der Waals surface area contributed by atoms with E-state index in [-0.39, 0.29) is 29.7 Å². The maximum absolute atomic E-state index is 15.5. The Hall–Kier alpha value is -5.22. The van der Waals surface area contributed by atoms with Crippen LogP contribution in [0.1, 0.15) is 95.6 Å².